The summed E-state index contributed by atoms with van der Waals surface area (Å²) in [5, 5.41) is 2.96. The minimum Gasteiger partial charge on any atom is -0.331 e. The molecule has 7 nitrogen and oxygen atoms in total. The van der Waals surface area contributed by atoms with E-state index >= 15 is 0 Å². The summed E-state index contributed by atoms with van der Waals surface area (Å²) in [5.41, 5.74) is 4.42. The number of sulfonamides is 1. The summed E-state index contributed by atoms with van der Waals surface area (Å²) in [5.74, 6) is 0.650. The van der Waals surface area contributed by atoms with Crippen LogP contribution < -0.4 is 5.32 Å². The highest BCUT2D eigenvalue weighted by molar-refractivity contribution is 7.89. The van der Waals surface area contributed by atoms with Gasteiger partial charge in [0.25, 0.3) is 0 Å². The number of carbonyl (C=O) groups excluding carboxylic acids is 1. The third-order valence-electron chi connectivity index (χ3n) is 5.18. The molecule has 0 saturated carbocycles. The average molecular weight is 415 g/mol. The number of benzene rings is 2. The van der Waals surface area contributed by atoms with E-state index in [2.05, 4.69) is 10.3 Å². The van der Waals surface area contributed by atoms with E-state index in [0.717, 1.165) is 28.2 Å². The van der Waals surface area contributed by atoms with Gasteiger partial charge in [-0.05, 0) is 49.2 Å². The van der Waals surface area contributed by atoms with Gasteiger partial charge in [0.1, 0.15) is 5.82 Å². The number of aromatic nitrogens is 2. The number of hydrogen-bond acceptors (Lipinski definition) is 4. The second kappa shape index (κ2) is 7.96. The Morgan fingerprint density at radius 2 is 1.90 bits per heavy atom. The highest BCUT2D eigenvalue weighted by Crippen LogP contribution is 2.22. The van der Waals surface area contributed by atoms with E-state index < -0.39 is 10.0 Å². The smallest absolute Gasteiger partial charge is 0.242 e. The zero-order valence-electron chi connectivity index (χ0n) is 17.4. The van der Waals surface area contributed by atoms with Crippen molar-refractivity contribution in [3.05, 3.63) is 53.3 Å². The van der Waals surface area contributed by atoms with Crippen molar-refractivity contribution in [3.8, 4) is 0 Å². The van der Waals surface area contributed by atoms with Crippen LogP contribution in [0.1, 0.15) is 23.4 Å². The molecule has 1 aromatic heterocycles. The van der Waals surface area contributed by atoms with Gasteiger partial charge in [-0.1, -0.05) is 12.1 Å². The molecule has 0 fully saturated rings. The van der Waals surface area contributed by atoms with Crippen molar-refractivity contribution in [2.45, 2.75) is 31.6 Å². The molecule has 0 saturated heterocycles. The molecule has 29 heavy (non-hydrogen) atoms. The van der Waals surface area contributed by atoms with Crippen LogP contribution >= 0.6 is 0 Å². The molecule has 2 aromatic carbocycles. The first-order valence-corrected chi connectivity index (χ1v) is 10.8. The molecular formula is C21H26N4O3S. The number of carbonyl (C=O) groups is 1. The standard InChI is InChI=1S/C21H26N4O3S/c1-14-7-6-8-17(15(14)2)23-21(26)12-11-20-22-18-13-16(29(27,28)24(3)4)9-10-19(18)25(20)5/h6-10,13H,11-12H2,1-5H3,(H,23,26). The Labute approximate surface area is 171 Å². The Bertz CT molecular complexity index is 1180. The van der Waals surface area contributed by atoms with Crippen LogP contribution in [0.5, 0.6) is 0 Å². The van der Waals surface area contributed by atoms with Gasteiger partial charge in [-0.15, -0.1) is 0 Å². The van der Waals surface area contributed by atoms with Gasteiger partial charge in [0.15, 0.2) is 0 Å². The van der Waals surface area contributed by atoms with Crippen LogP contribution in [0.25, 0.3) is 11.0 Å². The highest BCUT2D eigenvalue weighted by Gasteiger charge is 2.19. The summed E-state index contributed by atoms with van der Waals surface area (Å²) < 4.78 is 27.8. The minimum absolute atomic E-state index is 0.0818. The lowest BCUT2D eigenvalue weighted by Gasteiger charge is -2.11. The molecule has 0 bridgehead atoms. The van der Waals surface area contributed by atoms with Crippen molar-refractivity contribution in [2.24, 2.45) is 7.05 Å². The lowest BCUT2D eigenvalue weighted by atomic mass is 10.1. The Hall–Kier alpha value is -2.71. The topological polar surface area (TPSA) is 84.3 Å². The molecule has 8 heteroatoms. The molecule has 3 rings (SSSR count). The van der Waals surface area contributed by atoms with Gasteiger partial charge in [-0.25, -0.2) is 17.7 Å². The first kappa shape index (κ1) is 21.0. The second-order valence-electron chi connectivity index (χ2n) is 7.32. The number of rotatable bonds is 6. The van der Waals surface area contributed by atoms with Gasteiger partial charge in [0.05, 0.1) is 15.9 Å². The van der Waals surface area contributed by atoms with Gasteiger partial charge in [-0.2, -0.15) is 0 Å². The van der Waals surface area contributed by atoms with Crippen molar-refractivity contribution in [1.82, 2.24) is 13.9 Å². The number of anilines is 1. The van der Waals surface area contributed by atoms with Gasteiger partial charge in [0, 0.05) is 39.7 Å². The molecule has 3 aromatic rings. The predicted molar refractivity (Wildman–Crippen MR) is 114 cm³/mol. The third-order valence-corrected chi connectivity index (χ3v) is 6.99. The molecule has 0 spiro atoms. The third kappa shape index (κ3) is 4.18. The molecule has 0 atom stereocenters. The van der Waals surface area contributed by atoms with Crippen molar-refractivity contribution in [3.63, 3.8) is 0 Å². The van der Waals surface area contributed by atoms with E-state index in [1.807, 2.05) is 43.7 Å². The van der Waals surface area contributed by atoms with Crippen molar-refractivity contribution >= 4 is 32.7 Å². The Morgan fingerprint density at radius 3 is 2.59 bits per heavy atom. The van der Waals surface area contributed by atoms with Crippen LogP contribution in [0.15, 0.2) is 41.3 Å². The lowest BCUT2D eigenvalue weighted by Crippen LogP contribution is -2.22. The van der Waals surface area contributed by atoms with Gasteiger partial charge in [-0.3, -0.25) is 4.79 Å². The molecule has 0 radical (unpaired) electrons. The lowest BCUT2D eigenvalue weighted by molar-refractivity contribution is -0.116. The zero-order chi connectivity index (χ0) is 21.3. The zero-order valence-corrected chi connectivity index (χ0v) is 18.2. The molecule has 0 aliphatic heterocycles. The Kier molecular flexibility index (Phi) is 5.77. The van der Waals surface area contributed by atoms with E-state index in [-0.39, 0.29) is 17.2 Å². The van der Waals surface area contributed by atoms with E-state index in [0.29, 0.717) is 11.9 Å². The molecule has 0 aliphatic rings. The van der Waals surface area contributed by atoms with Gasteiger partial charge in [0.2, 0.25) is 15.9 Å². The number of amides is 1. The summed E-state index contributed by atoms with van der Waals surface area (Å²) in [6.45, 7) is 3.99. The quantitative estimate of drug-likeness (QED) is 0.672. The predicted octanol–water partition coefficient (Wildman–Crippen LogP) is 3.01. The highest BCUT2D eigenvalue weighted by atomic mass is 32.2. The van der Waals surface area contributed by atoms with Crippen LogP contribution in [0.2, 0.25) is 0 Å². The van der Waals surface area contributed by atoms with Crippen molar-refractivity contribution in [2.75, 3.05) is 19.4 Å². The van der Waals surface area contributed by atoms with Crippen LogP contribution in [0.3, 0.4) is 0 Å². The number of nitrogens with zero attached hydrogens (tertiary/aromatic N) is 3. The molecule has 0 aliphatic carbocycles. The van der Waals surface area contributed by atoms with Crippen LogP contribution in [-0.2, 0) is 28.3 Å². The fourth-order valence-corrected chi connectivity index (χ4v) is 4.07. The summed E-state index contributed by atoms with van der Waals surface area (Å²) in [4.78, 5) is 17.2. The monoisotopic (exact) mass is 414 g/mol. The fraction of sp³-hybridized carbons (Fsp3) is 0.333. The van der Waals surface area contributed by atoms with E-state index in [4.69, 9.17) is 0 Å². The van der Waals surface area contributed by atoms with E-state index in [1.165, 1.54) is 18.4 Å². The number of aryl methyl sites for hydroxylation is 3. The van der Waals surface area contributed by atoms with Crippen LogP contribution in [-0.4, -0.2) is 42.3 Å². The van der Waals surface area contributed by atoms with Crippen LogP contribution in [0, 0.1) is 13.8 Å². The molecule has 1 amide bonds. The van der Waals surface area contributed by atoms with E-state index in [9.17, 15) is 13.2 Å². The first-order chi connectivity index (χ1) is 13.6. The van der Waals surface area contributed by atoms with E-state index in [1.54, 1.807) is 18.2 Å². The minimum atomic E-state index is -3.52. The number of imidazole rings is 1. The maximum atomic E-state index is 12.4. The molecule has 0 unspecified atom stereocenters. The second-order valence-corrected chi connectivity index (χ2v) is 9.47. The normalized spacial score (nSPS) is 11.9. The molecular weight excluding hydrogens is 388 g/mol. The fourth-order valence-electron chi connectivity index (χ4n) is 3.15. The van der Waals surface area contributed by atoms with Gasteiger partial charge >= 0.3 is 0 Å². The molecule has 154 valence electrons. The molecule has 1 N–H and O–H groups in total. The Balaban J connectivity index is 1.77. The largest absolute Gasteiger partial charge is 0.331 e. The SMILES string of the molecule is Cc1cccc(NC(=O)CCc2nc3cc(S(=O)(=O)N(C)C)ccc3n2C)c1C. The van der Waals surface area contributed by atoms with Crippen molar-refractivity contribution < 1.29 is 13.2 Å². The molecule has 1 heterocycles. The average Bonchev–Trinajstić information content (AvgIpc) is 2.99. The summed E-state index contributed by atoms with van der Waals surface area (Å²) in [7, 11) is 1.34. The van der Waals surface area contributed by atoms with Gasteiger partial charge < -0.3 is 9.88 Å². The Morgan fingerprint density at radius 1 is 1.17 bits per heavy atom. The summed E-state index contributed by atoms with van der Waals surface area (Å²) in [6.07, 6.45) is 0.741. The first-order valence-electron chi connectivity index (χ1n) is 9.35. The van der Waals surface area contributed by atoms with Crippen LogP contribution in [0.4, 0.5) is 5.69 Å². The number of fused-ring (bicyclic) bond motifs is 1. The summed E-state index contributed by atoms with van der Waals surface area (Å²) >= 11 is 0. The summed E-state index contributed by atoms with van der Waals surface area (Å²) in [6, 6.07) is 10.7. The van der Waals surface area contributed by atoms with Crippen molar-refractivity contribution in [1.29, 1.82) is 0 Å². The maximum Gasteiger partial charge on any atom is 0.242 e. The number of nitrogens with one attached hydrogen (secondary N) is 1. The number of hydrogen-bond donors (Lipinski definition) is 1. The maximum absolute atomic E-state index is 12.4.